The van der Waals surface area contributed by atoms with Gasteiger partial charge in [0.1, 0.15) is 0 Å². The Morgan fingerprint density at radius 2 is 1.91 bits per heavy atom. The normalized spacial score (nSPS) is 19.1. The van der Waals surface area contributed by atoms with Gasteiger partial charge in [-0.05, 0) is 83.8 Å². The summed E-state index contributed by atoms with van der Waals surface area (Å²) in [6.07, 6.45) is 1.33. The van der Waals surface area contributed by atoms with Crippen molar-refractivity contribution in [2.24, 2.45) is 0 Å². The molecule has 0 bridgehead atoms. The van der Waals surface area contributed by atoms with Crippen LogP contribution in [-0.4, -0.2) is 26.0 Å². The van der Waals surface area contributed by atoms with Gasteiger partial charge in [-0.1, -0.05) is 29.8 Å². The van der Waals surface area contributed by atoms with Crippen LogP contribution in [0.2, 0.25) is 5.02 Å². The molecule has 2 atom stereocenters. The maximum atomic E-state index is 13.4. The number of aromatic carboxylic acids is 1. The molecule has 1 aliphatic heterocycles. The van der Waals surface area contributed by atoms with Gasteiger partial charge in [0.25, 0.3) is 10.0 Å². The molecule has 1 fully saturated rings. The molecule has 0 amide bonds. The minimum absolute atomic E-state index is 0.0239. The number of rotatable bonds is 5. The van der Waals surface area contributed by atoms with Crippen molar-refractivity contribution in [1.82, 2.24) is 0 Å². The number of halogens is 1. The first-order chi connectivity index (χ1) is 15.8. The molecule has 0 aromatic heterocycles. The number of hydrogen-bond donors (Lipinski definition) is 1. The Balaban J connectivity index is 1.44. The van der Waals surface area contributed by atoms with Gasteiger partial charge in [0.05, 0.1) is 27.8 Å². The average molecular weight is 479 g/mol. The Bertz CT molecular complexity index is 1450. The van der Waals surface area contributed by atoms with E-state index in [1.54, 1.807) is 48.5 Å². The van der Waals surface area contributed by atoms with Crippen molar-refractivity contribution in [3.8, 4) is 6.07 Å². The van der Waals surface area contributed by atoms with Crippen LogP contribution in [0, 0.1) is 11.3 Å². The van der Waals surface area contributed by atoms with Crippen LogP contribution in [-0.2, 0) is 16.4 Å². The highest BCUT2D eigenvalue weighted by atomic mass is 35.5. The fourth-order valence-corrected chi connectivity index (χ4v) is 6.42. The molecule has 1 heterocycles. The van der Waals surface area contributed by atoms with E-state index in [1.165, 1.54) is 10.4 Å². The van der Waals surface area contributed by atoms with E-state index in [-0.39, 0.29) is 22.3 Å². The van der Waals surface area contributed by atoms with Gasteiger partial charge in [0, 0.05) is 11.6 Å². The molecule has 2 aliphatic rings. The van der Waals surface area contributed by atoms with Crippen molar-refractivity contribution < 1.29 is 18.3 Å². The molecule has 0 spiro atoms. The Labute approximate surface area is 196 Å². The van der Waals surface area contributed by atoms with Crippen LogP contribution in [0.1, 0.15) is 50.9 Å². The van der Waals surface area contributed by atoms with E-state index in [9.17, 15) is 18.3 Å². The molecular formula is C25H19ClN2O4S. The second kappa shape index (κ2) is 7.91. The van der Waals surface area contributed by atoms with Gasteiger partial charge in [0.2, 0.25) is 0 Å². The molecule has 3 aromatic rings. The van der Waals surface area contributed by atoms with E-state index in [0.29, 0.717) is 34.8 Å². The van der Waals surface area contributed by atoms with Gasteiger partial charge >= 0.3 is 5.97 Å². The van der Waals surface area contributed by atoms with Crippen LogP contribution in [0.25, 0.3) is 0 Å². The molecule has 3 aromatic carbocycles. The molecule has 8 heteroatoms. The number of anilines is 1. The first-order valence-corrected chi connectivity index (χ1v) is 12.3. The van der Waals surface area contributed by atoms with Crippen LogP contribution in [0.4, 0.5) is 5.69 Å². The van der Waals surface area contributed by atoms with Crippen LogP contribution in [0.3, 0.4) is 0 Å². The summed E-state index contributed by atoms with van der Waals surface area (Å²) in [5, 5.41) is 19.2. The third kappa shape index (κ3) is 3.75. The molecule has 1 aliphatic carbocycles. The number of carbonyl (C=O) groups is 1. The van der Waals surface area contributed by atoms with Crippen molar-refractivity contribution in [3.05, 3.63) is 93.5 Å². The number of sulfonamides is 1. The predicted octanol–water partition coefficient (Wildman–Crippen LogP) is 4.93. The molecule has 1 N–H and O–H groups in total. The SMILES string of the molecule is N#Cc1ccc([C@H]2C[C@@H]2c2cccc(S(=O)(=O)N3CCc4cc(Cl)ccc43)c2)c(C(=O)O)c1. The van der Waals surface area contributed by atoms with Gasteiger partial charge < -0.3 is 5.11 Å². The number of carboxylic acid groups (broad SMARTS) is 1. The summed E-state index contributed by atoms with van der Waals surface area (Å²) in [5.74, 6) is -1.08. The summed E-state index contributed by atoms with van der Waals surface area (Å²) in [7, 11) is -3.75. The fourth-order valence-electron chi connectivity index (χ4n) is 4.66. The van der Waals surface area contributed by atoms with Crippen LogP contribution in [0.15, 0.2) is 65.6 Å². The van der Waals surface area contributed by atoms with E-state index in [2.05, 4.69) is 0 Å². The Morgan fingerprint density at radius 1 is 1.09 bits per heavy atom. The summed E-state index contributed by atoms with van der Waals surface area (Å²) >= 11 is 6.06. The minimum Gasteiger partial charge on any atom is -0.478 e. The molecule has 0 saturated heterocycles. The number of hydrogen-bond acceptors (Lipinski definition) is 4. The molecular weight excluding hydrogens is 460 g/mol. The number of nitrogens with zero attached hydrogens (tertiary/aromatic N) is 2. The minimum atomic E-state index is -3.75. The third-order valence-corrected chi connectivity index (χ3v) is 8.42. The van der Waals surface area contributed by atoms with Crippen molar-refractivity contribution in [3.63, 3.8) is 0 Å². The number of carboxylic acids is 1. The lowest BCUT2D eigenvalue weighted by Crippen LogP contribution is -2.29. The van der Waals surface area contributed by atoms with Crippen molar-refractivity contribution in [2.75, 3.05) is 10.8 Å². The van der Waals surface area contributed by atoms with E-state index < -0.39 is 16.0 Å². The van der Waals surface area contributed by atoms with Crippen molar-refractivity contribution in [2.45, 2.75) is 29.6 Å². The highest BCUT2D eigenvalue weighted by Crippen LogP contribution is 2.55. The molecule has 0 radical (unpaired) electrons. The van der Waals surface area contributed by atoms with E-state index in [0.717, 1.165) is 17.5 Å². The molecule has 33 heavy (non-hydrogen) atoms. The average Bonchev–Trinajstić information content (AvgIpc) is 3.49. The number of benzene rings is 3. The topological polar surface area (TPSA) is 98.5 Å². The molecule has 5 rings (SSSR count). The quantitative estimate of drug-likeness (QED) is 0.560. The highest BCUT2D eigenvalue weighted by Gasteiger charge is 2.42. The lowest BCUT2D eigenvalue weighted by atomic mass is 9.98. The second-order valence-corrected chi connectivity index (χ2v) is 10.6. The lowest BCUT2D eigenvalue weighted by molar-refractivity contribution is 0.0695. The maximum Gasteiger partial charge on any atom is 0.336 e. The maximum absolute atomic E-state index is 13.4. The van der Waals surface area contributed by atoms with Crippen LogP contribution >= 0.6 is 11.6 Å². The standard InChI is InChI=1S/C25H19ClN2O4S/c26-18-5-7-24-17(11-18)8-9-28(24)33(31,32)19-3-1-2-16(12-19)21-13-22(21)20-6-4-15(14-27)10-23(20)25(29)30/h1-7,10-12,21-22H,8-9,13H2,(H,29,30)/t21-,22-/m1/s1. The van der Waals surface area contributed by atoms with Crippen molar-refractivity contribution in [1.29, 1.82) is 5.26 Å². The summed E-state index contributed by atoms with van der Waals surface area (Å²) in [5.41, 5.74) is 3.51. The number of nitriles is 1. The first kappa shape index (κ1) is 21.5. The number of fused-ring (bicyclic) bond motifs is 1. The Hall–Kier alpha value is -3.34. The summed E-state index contributed by atoms with van der Waals surface area (Å²) in [6.45, 7) is 0.363. The van der Waals surface area contributed by atoms with Gasteiger partial charge in [-0.3, -0.25) is 4.31 Å². The second-order valence-electron chi connectivity index (χ2n) is 8.34. The lowest BCUT2D eigenvalue weighted by Gasteiger charge is -2.20. The largest absolute Gasteiger partial charge is 0.478 e. The van der Waals surface area contributed by atoms with Crippen molar-refractivity contribution >= 4 is 33.3 Å². The van der Waals surface area contributed by atoms with E-state index >= 15 is 0 Å². The van der Waals surface area contributed by atoms with Gasteiger partial charge in [-0.2, -0.15) is 5.26 Å². The summed E-state index contributed by atoms with van der Waals surface area (Å²) in [6, 6.07) is 18.8. The monoisotopic (exact) mass is 478 g/mol. The summed E-state index contributed by atoms with van der Waals surface area (Å²) in [4.78, 5) is 11.9. The zero-order chi connectivity index (χ0) is 23.3. The predicted molar refractivity (Wildman–Crippen MR) is 124 cm³/mol. The molecule has 0 unspecified atom stereocenters. The molecule has 166 valence electrons. The zero-order valence-electron chi connectivity index (χ0n) is 17.4. The molecule has 1 saturated carbocycles. The highest BCUT2D eigenvalue weighted by molar-refractivity contribution is 7.92. The first-order valence-electron chi connectivity index (χ1n) is 10.5. The summed E-state index contributed by atoms with van der Waals surface area (Å²) < 4.78 is 28.3. The van der Waals surface area contributed by atoms with E-state index in [1.807, 2.05) is 12.1 Å². The smallest absolute Gasteiger partial charge is 0.336 e. The Morgan fingerprint density at radius 3 is 2.67 bits per heavy atom. The third-order valence-electron chi connectivity index (χ3n) is 6.37. The van der Waals surface area contributed by atoms with Crippen LogP contribution < -0.4 is 4.31 Å². The van der Waals surface area contributed by atoms with Crippen LogP contribution in [0.5, 0.6) is 0 Å². The van der Waals surface area contributed by atoms with Gasteiger partial charge in [0.15, 0.2) is 0 Å². The fraction of sp³-hybridized carbons (Fsp3) is 0.200. The van der Waals surface area contributed by atoms with Gasteiger partial charge in [-0.25, -0.2) is 13.2 Å². The zero-order valence-corrected chi connectivity index (χ0v) is 19.0. The van der Waals surface area contributed by atoms with E-state index in [4.69, 9.17) is 16.9 Å². The van der Waals surface area contributed by atoms with Gasteiger partial charge in [-0.15, -0.1) is 0 Å². The molecule has 6 nitrogen and oxygen atoms in total. The Kier molecular flexibility index (Phi) is 5.15.